The fourth-order valence-corrected chi connectivity index (χ4v) is 2.89. The molecular weight excluding hydrogens is 344 g/mol. The summed E-state index contributed by atoms with van der Waals surface area (Å²) in [5.41, 5.74) is 2.38. The Morgan fingerprint density at radius 3 is 2.78 bits per heavy atom. The Kier molecular flexibility index (Phi) is 4.65. The fraction of sp³-hybridized carbons (Fsp3) is 0.200. The summed E-state index contributed by atoms with van der Waals surface area (Å²) < 4.78 is 13.4. The SMILES string of the molecule is Cc1ccccc1NC(=O)Nc1cnn(CC2COc3ccccc3O2)c1. The standard InChI is InChI=1S/C20H20N4O3/c1-14-6-2-3-7-17(14)23-20(25)22-15-10-21-24(11-15)12-16-13-26-18-8-4-5-9-19(18)27-16/h2-11,16H,12-13H2,1H3,(H2,22,23,25). The van der Waals surface area contributed by atoms with E-state index in [9.17, 15) is 4.79 Å². The van der Waals surface area contributed by atoms with E-state index in [1.807, 2.05) is 55.5 Å². The van der Waals surface area contributed by atoms with Gasteiger partial charge in [0.25, 0.3) is 0 Å². The molecule has 1 aromatic heterocycles. The third-order valence-electron chi connectivity index (χ3n) is 4.24. The minimum Gasteiger partial charge on any atom is -0.486 e. The number of anilines is 2. The number of aromatic nitrogens is 2. The average Bonchev–Trinajstić information content (AvgIpc) is 3.10. The molecule has 0 aliphatic carbocycles. The van der Waals surface area contributed by atoms with Gasteiger partial charge >= 0.3 is 6.03 Å². The molecule has 4 rings (SSSR count). The quantitative estimate of drug-likeness (QED) is 0.740. The van der Waals surface area contributed by atoms with Crippen molar-refractivity contribution in [3.8, 4) is 11.5 Å². The van der Waals surface area contributed by atoms with E-state index >= 15 is 0 Å². The molecule has 2 aromatic carbocycles. The summed E-state index contributed by atoms with van der Waals surface area (Å²) >= 11 is 0. The van der Waals surface area contributed by atoms with Gasteiger partial charge in [-0.25, -0.2) is 4.79 Å². The lowest BCUT2D eigenvalue weighted by molar-refractivity contribution is 0.0759. The molecular formula is C20H20N4O3. The number of amides is 2. The average molecular weight is 364 g/mol. The second kappa shape index (κ2) is 7.41. The van der Waals surface area contributed by atoms with Crippen molar-refractivity contribution in [1.29, 1.82) is 0 Å². The van der Waals surface area contributed by atoms with E-state index in [-0.39, 0.29) is 12.1 Å². The summed E-state index contributed by atoms with van der Waals surface area (Å²) in [4.78, 5) is 12.2. The molecule has 1 aliphatic rings. The van der Waals surface area contributed by atoms with Crippen molar-refractivity contribution >= 4 is 17.4 Å². The molecule has 2 heterocycles. The summed E-state index contributed by atoms with van der Waals surface area (Å²) in [7, 11) is 0. The van der Waals surface area contributed by atoms with Gasteiger partial charge in [-0.2, -0.15) is 5.10 Å². The van der Waals surface area contributed by atoms with E-state index in [2.05, 4.69) is 15.7 Å². The summed E-state index contributed by atoms with van der Waals surface area (Å²) in [5.74, 6) is 1.49. The molecule has 0 bridgehead atoms. The number of carbonyl (C=O) groups is 1. The second-order valence-electron chi connectivity index (χ2n) is 6.34. The second-order valence-corrected chi connectivity index (χ2v) is 6.34. The molecule has 7 heteroatoms. The van der Waals surface area contributed by atoms with E-state index in [0.717, 1.165) is 22.7 Å². The molecule has 0 saturated carbocycles. The van der Waals surface area contributed by atoms with Crippen LogP contribution in [0.15, 0.2) is 60.9 Å². The van der Waals surface area contributed by atoms with Crippen LogP contribution in [0.4, 0.5) is 16.2 Å². The molecule has 2 amide bonds. The van der Waals surface area contributed by atoms with Crippen LogP contribution in [0.25, 0.3) is 0 Å². The lowest BCUT2D eigenvalue weighted by Gasteiger charge is -2.26. The van der Waals surface area contributed by atoms with Crippen LogP contribution < -0.4 is 20.1 Å². The third kappa shape index (κ3) is 4.03. The van der Waals surface area contributed by atoms with Gasteiger partial charge in [-0.05, 0) is 30.7 Å². The first-order valence-corrected chi connectivity index (χ1v) is 8.72. The molecule has 0 fully saturated rings. The van der Waals surface area contributed by atoms with Crippen molar-refractivity contribution in [1.82, 2.24) is 9.78 Å². The minimum absolute atomic E-state index is 0.145. The maximum absolute atomic E-state index is 12.2. The number of nitrogens with zero attached hydrogens (tertiary/aromatic N) is 2. The number of urea groups is 1. The van der Waals surface area contributed by atoms with Crippen LogP contribution in [0, 0.1) is 6.92 Å². The maximum Gasteiger partial charge on any atom is 0.323 e. The van der Waals surface area contributed by atoms with E-state index in [1.54, 1.807) is 17.1 Å². The Labute approximate surface area is 156 Å². The normalized spacial score (nSPS) is 15.2. The first-order chi connectivity index (χ1) is 13.2. The topological polar surface area (TPSA) is 77.4 Å². The smallest absolute Gasteiger partial charge is 0.323 e. The number of aryl methyl sites for hydroxylation is 1. The summed E-state index contributed by atoms with van der Waals surface area (Å²) in [5, 5.41) is 9.90. The molecule has 2 N–H and O–H groups in total. The monoisotopic (exact) mass is 364 g/mol. The van der Waals surface area contributed by atoms with Crippen LogP contribution in [-0.2, 0) is 6.54 Å². The Balaban J connectivity index is 1.34. The van der Waals surface area contributed by atoms with Gasteiger partial charge in [0.1, 0.15) is 6.61 Å². The van der Waals surface area contributed by atoms with Crippen molar-refractivity contribution in [3.63, 3.8) is 0 Å². The molecule has 27 heavy (non-hydrogen) atoms. The molecule has 0 spiro atoms. The van der Waals surface area contributed by atoms with E-state index in [1.165, 1.54) is 0 Å². The number of nitrogens with one attached hydrogen (secondary N) is 2. The zero-order valence-electron chi connectivity index (χ0n) is 14.9. The highest BCUT2D eigenvalue weighted by Gasteiger charge is 2.21. The first-order valence-electron chi connectivity index (χ1n) is 8.72. The van der Waals surface area contributed by atoms with Crippen LogP contribution >= 0.6 is 0 Å². The third-order valence-corrected chi connectivity index (χ3v) is 4.24. The number of para-hydroxylation sites is 3. The van der Waals surface area contributed by atoms with Gasteiger partial charge in [0.05, 0.1) is 18.4 Å². The highest BCUT2D eigenvalue weighted by molar-refractivity contribution is 6.00. The van der Waals surface area contributed by atoms with Crippen LogP contribution in [0.1, 0.15) is 5.56 Å². The van der Waals surface area contributed by atoms with Crippen molar-refractivity contribution in [2.45, 2.75) is 19.6 Å². The molecule has 1 unspecified atom stereocenters. The predicted molar refractivity (Wildman–Crippen MR) is 102 cm³/mol. The van der Waals surface area contributed by atoms with E-state index < -0.39 is 0 Å². The number of hydrogen-bond donors (Lipinski definition) is 2. The molecule has 0 radical (unpaired) electrons. The van der Waals surface area contributed by atoms with Crippen LogP contribution in [0.3, 0.4) is 0 Å². The Bertz CT molecular complexity index is 954. The zero-order valence-corrected chi connectivity index (χ0v) is 14.9. The number of benzene rings is 2. The Hall–Kier alpha value is -3.48. The first kappa shape index (κ1) is 17.0. The molecule has 1 aliphatic heterocycles. The van der Waals surface area contributed by atoms with Gasteiger partial charge in [0.15, 0.2) is 17.6 Å². The maximum atomic E-state index is 12.2. The van der Waals surface area contributed by atoms with Gasteiger partial charge in [0, 0.05) is 11.9 Å². The Morgan fingerprint density at radius 2 is 1.93 bits per heavy atom. The van der Waals surface area contributed by atoms with Crippen LogP contribution in [-0.4, -0.2) is 28.5 Å². The fourth-order valence-electron chi connectivity index (χ4n) is 2.89. The number of fused-ring (bicyclic) bond motifs is 1. The van der Waals surface area contributed by atoms with Crippen molar-refractivity contribution in [3.05, 3.63) is 66.5 Å². The number of rotatable bonds is 4. The van der Waals surface area contributed by atoms with Crippen molar-refractivity contribution in [2.24, 2.45) is 0 Å². The van der Waals surface area contributed by atoms with Gasteiger partial charge in [-0.1, -0.05) is 30.3 Å². The number of ether oxygens (including phenoxy) is 2. The highest BCUT2D eigenvalue weighted by Crippen LogP contribution is 2.31. The molecule has 0 saturated heterocycles. The van der Waals surface area contributed by atoms with Crippen molar-refractivity contribution < 1.29 is 14.3 Å². The predicted octanol–water partition coefficient (Wildman–Crippen LogP) is 3.68. The van der Waals surface area contributed by atoms with Crippen LogP contribution in [0.5, 0.6) is 11.5 Å². The molecule has 3 aromatic rings. The van der Waals surface area contributed by atoms with Gasteiger partial charge in [-0.15, -0.1) is 0 Å². The van der Waals surface area contributed by atoms with Gasteiger partial charge < -0.3 is 20.1 Å². The highest BCUT2D eigenvalue weighted by atomic mass is 16.6. The number of carbonyl (C=O) groups excluding carboxylic acids is 1. The zero-order chi connectivity index (χ0) is 18.6. The summed E-state index contributed by atoms with van der Waals surface area (Å²) in [6, 6.07) is 14.9. The van der Waals surface area contributed by atoms with Gasteiger partial charge in [-0.3, -0.25) is 4.68 Å². The lowest BCUT2D eigenvalue weighted by atomic mass is 10.2. The van der Waals surface area contributed by atoms with E-state index in [4.69, 9.17) is 9.47 Å². The summed E-state index contributed by atoms with van der Waals surface area (Å²) in [6.07, 6.45) is 3.23. The van der Waals surface area contributed by atoms with Gasteiger partial charge in [0.2, 0.25) is 0 Å². The van der Waals surface area contributed by atoms with Crippen LogP contribution in [0.2, 0.25) is 0 Å². The number of hydrogen-bond acceptors (Lipinski definition) is 4. The minimum atomic E-state index is -0.310. The molecule has 1 atom stereocenters. The molecule has 138 valence electrons. The largest absolute Gasteiger partial charge is 0.486 e. The Morgan fingerprint density at radius 1 is 1.15 bits per heavy atom. The lowest BCUT2D eigenvalue weighted by Crippen LogP contribution is -2.33. The van der Waals surface area contributed by atoms with Crippen molar-refractivity contribution in [2.75, 3.05) is 17.2 Å². The summed E-state index contributed by atoms with van der Waals surface area (Å²) in [6.45, 7) is 2.92. The molecule has 7 nitrogen and oxygen atoms in total. The van der Waals surface area contributed by atoms with E-state index in [0.29, 0.717) is 18.8 Å².